The predicted octanol–water partition coefficient (Wildman–Crippen LogP) is 1.43. The van der Waals surface area contributed by atoms with Crippen LogP contribution in [0.4, 0.5) is 4.79 Å². The quantitative estimate of drug-likeness (QED) is 0.334. The molecule has 1 aliphatic rings. The minimum Gasteiger partial charge on any atom is -0.508 e. The maximum Gasteiger partial charge on any atom is 0.344 e. The lowest BCUT2D eigenvalue weighted by molar-refractivity contribution is -0.138. The molecule has 1 unspecified atom stereocenters. The van der Waals surface area contributed by atoms with Gasteiger partial charge >= 0.3 is 6.03 Å². The highest BCUT2D eigenvalue weighted by molar-refractivity contribution is 7.99. The zero-order valence-electron chi connectivity index (χ0n) is 17.6. The number of aryl methyl sites for hydroxylation is 1. The van der Waals surface area contributed by atoms with Crippen molar-refractivity contribution in [3.05, 3.63) is 60.2 Å². The Balaban J connectivity index is 1.34. The van der Waals surface area contributed by atoms with E-state index in [9.17, 15) is 19.5 Å². The van der Waals surface area contributed by atoms with Crippen molar-refractivity contribution >= 4 is 29.6 Å². The van der Waals surface area contributed by atoms with Gasteiger partial charge in [0.25, 0.3) is 5.91 Å². The third-order valence-electron chi connectivity index (χ3n) is 5.12. The van der Waals surface area contributed by atoms with Gasteiger partial charge in [0.05, 0.1) is 11.4 Å². The highest BCUT2D eigenvalue weighted by Gasteiger charge is 2.48. The summed E-state index contributed by atoms with van der Waals surface area (Å²) in [6.07, 6.45) is 0.991. The lowest BCUT2D eigenvalue weighted by atomic mass is 9.93. The van der Waals surface area contributed by atoms with Crippen LogP contribution >= 0.6 is 11.8 Å². The first-order chi connectivity index (χ1) is 15.9. The van der Waals surface area contributed by atoms with E-state index in [-0.39, 0.29) is 11.5 Å². The predicted molar refractivity (Wildman–Crippen MR) is 118 cm³/mol. The lowest BCUT2D eigenvalue weighted by Gasteiger charge is -2.21. The van der Waals surface area contributed by atoms with Crippen molar-refractivity contribution in [1.82, 2.24) is 36.0 Å². The summed E-state index contributed by atoms with van der Waals surface area (Å²) in [5, 5.41) is 24.5. The fourth-order valence-electron chi connectivity index (χ4n) is 3.31. The van der Waals surface area contributed by atoms with E-state index in [4.69, 9.17) is 0 Å². The molecule has 4 rings (SSSR count). The number of nitrogens with one attached hydrogen (secondary N) is 2. The second-order valence-electron chi connectivity index (χ2n) is 7.60. The van der Waals surface area contributed by atoms with Crippen LogP contribution in [0.15, 0.2) is 59.8 Å². The molecule has 3 N–H and O–H groups in total. The Morgan fingerprint density at radius 2 is 1.88 bits per heavy atom. The summed E-state index contributed by atoms with van der Waals surface area (Å²) in [5.41, 5.74) is 2.90. The van der Waals surface area contributed by atoms with Gasteiger partial charge in [-0.2, -0.15) is 9.69 Å². The van der Waals surface area contributed by atoms with Crippen LogP contribution in [-0.4, -0.2) is 59.5 Å². The fourth-order valence-corrected chi connectivity index (χ4v) is 3.99. The van der Waals surface area contributed by atoms with E-state index < -0.39 is 23.4 Å². The van der Waals surface area contributed by atoms with Gasteiger partial charge in [-0.15, -0.1) is 5.10 Å². The van der Waals surface area contributed by atoms with Gasteiger partial charge in [0.15, 0.2) is 0 Å². The van der Waals surface area contributed by atoms with Gasteiger partial charge in [0, 0.05) is 0 Å². The van der Waals surface area contributed by atoms with Gasteiger partial charge in [0.1, 0.15) is 11.3 Å². The van der Waals surface area contributed by atoms with Gasteiger partial charge < -0.3 is 10.4 Å². The monoisotopic (exact) mass is 467 g/mol. The molecule has 2 heterocycles. The SMILES string of the molecule is CC1(CCc2ccccc2)NC(=O)N(NC(=O)CSc2nnnn2-c2ccc(O)cc2)C1=O. The Morgan fingerprint density at radius 1 is 1.15 bits per heavy atom. The van der Waals surface area contributed by atoms with Crippen molar-refractivity contribution in [2.45, 2.75) is 30.5 Å². The number of tetrazole rings is 1. The molecule has 33 heavy (non-hydrogen) atoms. The number of hydrogen-bond donors (Lipinski definition) is 3. The van der Waals surface area contributed by atoms with Crippen LogP contribution in [0.2, 0.25) is 0 Å². The first kappa shape index (κ1) is 22.3. The molecule has 170 valence electrons. The number of carbonyl (C=O) groups is 3. The largest absolute Gasteiger partial charge is 0.508 e. The number of amides is 4. The Labute approximate surface area is 193 Å². The molecular formula is C21H21N7O4S. The zero-order valence-corrected chi connectivity index (χ0v) is 18.5. The number of hydrogen-bond acceptors (Lipinski definition) is 8. The molecule has 11 nitrogen and oxygen atoms in total. The van der Waals surface area contributed by atoms with Crippen molar-refractivity contribution in [2.75, 3.05) is 5.75 Å². The van der Waals surface area contributed by atoms with Crippen LogP contribution in [0.25, 0.3) is 5.69 Å². The highest BCUT2D eigenvalue weighted by Crippen LogP contribution is 2.23. The van der Waals surface area contributed by atoms with Crippen LogP contribution in [0.5, 0.6) is 5.75 Å². The minimum atomic E-state index is -1.11. The Morgan fingerprint density at radius 3 is 2.61 bits per heavy atom. The number of phenols is 1. The van der Waals surface area contributed by atoms with Crippen LogP contribution in [-0.2, 0) is 16.0 Å². The number of imide groups is 1. The Kier molecular flexibility index (Phi) is 6.27. The average molecular weight is 468 g/mol. The molecule has 1 aliphatic heterocycles. The zero-order chi connectivity index (χ0) is 23.4. The topological polar surface area (TPSA) is 142 Å². The molecule has 1 saturated heterocycles. The lowest BCUT2D eigenvalue weighted by Crippen LogP contribution is -2.49. The molecule has 4 amide bonds. The average Bonchev–Trinajstić information content (AvgIpc) is 3.36. The number of phenolic OH excluding ortho intramolecular Hbond substituents is 1. The second-order valence-corrected chi connectivity index (χ2v) is 8.54. The van der Waals surface area contributed by atoms with E-state index in [0.29, 0.717) is 23.7 Å². The number of aromatic nitrogens is 4. The molecule has 1 aromatic heterocycles. The Hall–Kier alpha value is -3.93. The number of carbonyl (C=O) groups excluding carboxylic acids is 3. The summed E-state index contributed by atoms with van der Waals surface area (Å²) in [5.74, 6) is -1.10. The van der Waals surface area contributed by atoms with Crippen LogP contribution < -0.4 is 10.7 Å². The number of benzene rings is 2. The highest BCUT2D eigenvalue weighted by atomic mass is 32.2. The summed E-state index contributed by atoms with van der Waals surface area (Å²) in [7, 11) is 0. The number of hydrazine groups is 1. The standard InChI is InChI=1S/C21H21N7O4S/c1-21(12-11-14-5-3-2-4-6-14)18(31)28(19(32)22-21)24-17(30)13-33-20-23-25-26-27(20)15-7-9-16(29)10-8-15/h2-10,29H,11-13H2,1H3,(H,22,32)(H,24,30). The van der Waals surface area contributed by atoms with Gasteiger partial charge in [-0.3, -0.25) is 15.0 Å². The van der Waals surface area contributed by atoms with Crippen LogP contribution in [0.3, 0.4) is 0 Å². The van der Waals surface area contributed by atoms with E-state index in [1.807, 2.05) is 30.3 Å². The minimum absolute atomic E-state index is 0.102. The van der Waals surface area contributed by atoms with E-state index >= 15 is 0 Å². The third-order valence-corrected chi connectivity index (χ3v) is 6.04. The molecule has 0 bridgehead atoms. The first-order valence-electron chi connectivity index (χ1n) is 10.1. The number of rotatable bonds is 8. The van der Waals surface area contributed by atoms with Crippen LogP contribution in [0, 0.1) is 0 Å². The van der Waals surface area contributed by atoms with Crippen molar-refractivity contribution in [3.63, 3.8) is 0 Å². The molecule has 0 aliphatic carbocycles. The van der Waals surface area contributed by atoms with E-state index in [2.05, 4.69) is 26.3 Å². The maximum atomic E-state index is 12.9. The summed E-state index contributed by atoms with van der Waals surface area (Å²) < 4.78 is 1.41. The van der Waals surface area contributed by atoms with Crippen molar-refractivity contribution in [1.29, 1.82) is 0 Å². The molecule has 1 atom stereocenters. The molecule has 12 heteroatoms. The van der Waals surface area contributed by atoms with Crippen molar-refractivity contribution in [2.24, 2.45) is 0 Å². The molecular weight excluding hydrogens is 446 g/mol. The number of aromatic hydroxyl groups is 1. The molecule has 0 radical (unpaired) electrons. The number of urea groups is 1. The summed E-state index contributed by atoms with van der Waals surface area (Å²) >= 11 is 1.04. The number of thioether (sulfide) groups is 1. The second kappa shape index (κ2) is 9.28. The summed E-state index contributed by atoms with van der Waals surface area (Å²) in [6.45, 7) is 1.64. The van der Waals surface area contributed by atoms with Gasteiger partial charge in [0.2, 0.25) is 11.1 Å². The molecule has 2 aromatic carbocycles. The Bertz CT molecular complexity index is 1170. The van der Waals surface area contributed by atoms with E-state index in [0.717, 1.165) is 22.3 Å². The summed E-state index contributed by atoms with van der Waals surface area (Å²) in [4.78, 5) is 37.7. The van der Waals surface area contributed by atoms with Gasteiger partial charge in [-0.25, -0.2) is 4.79 Å². The maximum absolute atomic E-state index is 12.9. The molecule has 1 fully saturated rings. The normalized spacial score (nSPS) is 17.8. The molecule has 0 saturated carbocycles. The fraction of sp³-hybridized carbons (Fsp3) is 0.238. The number of nitrogens with zero attached hydrogens (tertiary/aromatic N) is 5. The van der Waals surface area contributed by atoms with Gasteiger partial charge in [-0.1, -0.05) is 42.1 Å². The smallest absolute Gasteiger partial charge is 0.344 e. The van der Waals surface area contributed by atoms with E-state index in [1.165, 1.54) is 16.8 Å². The first-order valence-corrected chi connectivity index (χ1v) is 11.0. The van der Waals surface area contributed by atoms with Crippen molar-refractivity contribution in [3.8, 4) is 11.4 Å². The van der Waals surface area contributed by atoms with Crippen LogP contribution in [0.1, 0.15) is 18.9 Å². The summed E-state index contributed by atoms with van der Waals surface area (Å²) in [6, 6.07) is 15.2. The van der Waals surface area contributed by atoms with Gasteiger partial charge in [-0.05, 0) is 60.0 Å². The molecule has 3 aromatic rings. The van der Waals surface area contributed by atoms with E-state index in [1.54, 1.807) is 19.1 Å². The van der Waals surface area contributed by atoms with Crippen molar-refractivity contribution < 1.29 is 19.5 Å². The third kappa shape index (κ3) is 4.95. The molecule has 0 spiro atoms.